The Morgan fingerprint density at radius 1 is 0.833 bits per heavy atom. The topological polar surface area (TPSA) is 0 Å². The Morgan fingerprint density at radius 2 is 1.44 bits per heavy atom. The van der Waals surface area contributed by atoms with Crippen LogP contribution in [0.15, 0.2) is 36.4 Å². The van der Waals surface area contributed by atoms with Gasteiger partial charge in [0.15, 0.2) is 0 Å². The molecule has 18 heavy (non-hydrogen) atoms. The average Bonchev–Trinajstić information content (AvgIpc) is 2.35. The first-order valence-electron chi connectivity index (χ1n) is 5.65. The van der Waals surface area contributed by atoms with Crippen LogP contribution in [-0.4, -0.2) is 0 Å². The summed E-state index contributed by atoms with van der Waals surface area (Å²) in [5.41, 5.74) is 4.91. The Labute approximate surface area is 126 Å². The lowest BCUT2D eigenvalue weighted by Gasteiger charge is -2.13. The molecule has 0 saturated carbocycles. The maximum atomic E-state index is 6.05. The van der Waals surface area contributed by atoms with E-state index >= 15 is 0 Å². The van der Waals surface area contributed by atoms with Crippen molar-refractivity contribution in [3.63, 3.8) is 0 Å². The van der Waals surface area contributed by atoms with Gasteiger partial charge in [0.05, 0.1) is 14.9 Å². The van der Waals surface area contributed by atoms with Crippen molar-refractivity contribution in [2.75, 3.05) is 0 Å². The fourth-order valence-corrected chi connectivity index (χ4v) is 2.66. The van der Waals surface area contributed by atoms with Crippen LogP contribution < -0.4 is 0 Å². The summed E-state index contributed by atoms with van der Waals surface area (Å²) in [6.45, 7) is 4.23. The minimum Gasteiger partial charge on any atom is -0.0827 e. The molecule has 0 heterocycles. The van der Waals surface area contributed by atoms with Gasteiger partial charge in [0, 0.05) is 0 Å². The molecule has 0 amide bonds. The molecule has 94 valence electrons. The molecule has 3 heteroatoms. The maximum absolute atomic E-state index is 6.05. The fourth-order valence-electron chi connectivity index (χ4n) is 1.78. The SMILES string of the molecule is Cc1ccc(C(Br)c2ccc(Cl)c(Cl)c2)cc1C. The summed E-state index contributed by atoms with van der Waals surface area (Å²) in [4.78, 5) is 0.131. The van der Waals surface area contributed by atoms with Crippen LogP contribution in [0.4, 0.5) is 0 Å². The van der Waals surface area contributed by atoms with Crippen molar-refractivity contribution in [3.05, 3.63) is 68.7 Å². The summed E-state index contributed by atoms with van der Waals surface area (Å²) < 4.78 is 0. The number of aryl methyl sites for hydroxylation is 2. The molecule has 0 nitrogen and oxygen atoms in total. The zero-order chi connectivity index (χ0) is 13.3. The second-order valence-electron chi connectivity index (χ2n) is 4.38. The van der Waals surface area contributed by atoms with E-state index in [2.05, 4.69) is 48.0 Å². The van der Waals surface area contributed by atoms with Crippen molar-refractivity contribution in [2.45, 2.75) is 18.7 Å². The van der Waals surface area contributed by atoms with Crippen molar-refractivity contribution in [2.24, 2.45) is 0 Å². The van der Waals surface area contributed by atoms with Crippen LogP contribution in [0, 0.1) is 13.8 Å². The molecule has 2 aromatic carbocycles. The van der Waals surface area contributed by atoms with E-state index in [1.807, 2.05) is 18.2 Å². The molecule has 0 aliphatic carbocycles. The van der Waals surface area contributed by atoms with Gasteiger partial charge < -0.3 is 0 Å². The summed E-state index contributed by atoms with van der Waals surface area (Å²) in [5, 5.41) is 1.17. The molecule has 0 bridgehead atoms. The summed E-state index contributed by atoms with van der Waals surface area (Å²) >= 11 is 15.7. The molecule has 0 spiro atoms. The van der Waals surface area contributed by atoms with E-state index in [1.54, 1.807) is 0 Å². The molecular weight excluding hydrogens is 331 g/mol. The molecule has 1 atom stereocenters. The van der Waals surface area contributed by atoms with Gasteiger partial charge in [-0.25, -0.2) is 0 Å². The maximum Gasteiger partial charge on any atom is 0.0645 e. The Kier molecular flexibility index (Phi) is 4.37. The standard InChI is InChI=1S/C15H13BrCl2/c1-9-3-4-11(7-10(9)2)15(16)12-5-6-13(17)14(18)8-12/h3-8,15H,1-2H3. The van der Waals surface area contributed by atoms with Crippen molar-refractivity contribution >= 4 is 39.1 Å². The van der Waals surface area contributed by atoms with Gasteiger partial charge in [-0.05, 0) is 48.2 Å². The largest absolute Gasteiger partial charge is 0.0827 e. The number of halogens is 3. The average molecular weight is 344 g/mol. The number of hydrogen-bond donors (Lipinski definition) is 0. The number of benzene rings is 2. The molecule has 0 radical (unpaired) electrons. The quantitative estimate of drug-likeness (QED) is 0.578. The molecular formula is C15H13BrCl2. The second-order valence-corrected chi connectivity index (χ2v) is 6.11. The molecule has 2 aromatic rings. The predicted molar refractivity (Wildman–Crippen MR) is 83.1 cm³/mol. The first-order valence-corrected chi connectivity index (χ1v) is 7.32. The third-order valence-corrected chi connectivity index (χ3v) is 4.86. The molecule has 0 aliphatic rings. The molecule has 0 N–H and O–H groups in total. The van der Waals surface area contributed by atoms with Gasteiger partial charge in [-0.15, -0.1) is 0 Å². The van der Waals surface area contributed by atoms with Crippen LogP contribution in [0.25, 0.3) is 0 Å². The third kappa shape index (κ3) is 2.90. The van der Waals surface area contributed by atoms with Crippen LogP contribution >= 0.6 is 39.1 Å². The monoisotopic (exact) mass is 342 g/mol. The molecule has 0 aromatic heterocycles. The highest BCUT2D eigenvalue weighted by Crippen LogP contribution is 2.34. The first kappa shape index (κ1) is 13.9. The summed E-state index contributed by atoms with van der Waals surface area (Å²) in [5.74, 6) is 0. The lowest BCUT2D eigenvalue weighted by Crippen LogP contribution is -1.94. The van der Waals surface area contributed by atoms with Crippen molar-refractivity contribution in [1.82, 2.24) is 0 Å². The second kappa shape index (κ2) is 5.64. The van der Waals surface area contributed by atoms with Crippen LogP contribution in [0.5, 0.6) is 0 Å². The van der Waals surface area contributed by atoms with Gasteiger partial charge >= 0.3 is 0 Å². The van der Waals surface area contributed by atoms with Gasteiger partial charge in [-0.3, -0.25) is 0 Å². The van der Waals surface area contributed by atoms with Gasteiger partial charge in [-0.1, -0.05) is 63.4 Å². The van der Waals surface area contributed by atoms with Crippen molar-refractivity contribution < 1.29 is 0 Å². The molecule has 0 saturated heterocycles. The molecule has 0 aliphatic heterocycles. The Morgan fingerprint density at radius 3 is 2.06 bits per heavy atom. The molecule has 2 rings (SSSR count). The summed E-state index contributed by atoms with van der Waals surface area (Å²) in [6.07, 6.45) is 0. The van der Waals surface area contributed by atoms with Crippen LogP contribution in [0.2, 0.25) is 10.0 Å². The zero-order valence-corrected chi connectivity index (χ0v) is 13.3. The van der Waals surface area contributed by atoms with Crippen molar-refractivity contribution in [1.29, 1.82) is 0 Å². The van der Waals surface area contributed by atoms with Gasteiger partial charge in [0.25, 0.3) is 0 Å². The minimum atomic E-state index is 0.131. The van der Waals surface area contributed by atoms with E-state index in [0.29, 0.717) is 10.0 Å². The van der Waals surface area contributed by atoms with E-state index in [0.717, 1.165) is 5.56 Å². The van der Waals surface area contributed by atoms with Gasteiger partial charge in [0.1, 0.15) is 0 Å². The van der Waals surface area contributed by atoms with Crippen LogP contribution in [-0.2, 0) is 0 Å². The summed E-state index contributed by atoms with van der Waals surface area (Å²) in [7, 11) is 0. The highest BCUT2D eigenvalue weighted by atomic mass is 79.9. The van der Waals surface area contributed by atoms with Crippen LogP contribution in [0.1, 0.15) is 27.1 Å². The Bertz CT molecular complexity index is 527. The lowest BCUT2D eigenvalue weighted by molar-refractivity contribution is 1.16. The van der Waals surface area contributed by atoms with Gasteiger partial charge in [0.2, 0.25) is 0 Å². The highest BCUT2D eigenvalue weighted by Gasteiger charge is 2.12. The van der Waals surface area contributed by atoms with Gasteiger partial charge in [-0.2, -0.15) is 0 Å². The summed E-state index contributed by atoms with van der Waals surface area (Å²) in [6, 6.07) is 12.2. The lowest BCUT2D eigenvalue weighted by atomic mass is 10.0. The molecule has 0 fully saturated rings. The smallest absolute Gasteiger partial charge is 0.0645 e. The van der Waals surface area contributed by atoms with Crippen molar-refractivity contribution in [3.8, 4) is 0 Å². The minimum absolute atomic E-state index is 0.131. The van der Waals surface area contributed by atoms with E-state index in [1.165, 1.54) is 16.7 Å². The fraction of sp³-hybridized carbons (Fsp3) is 0.200. The number of alkyl halides is 1. The predicted octanol–water partition coefficient (Wildman–Crippen LogP) is 6.09. The normalized spacial score (nSPS) is 12.5. The van der Waals surface area contributed by atoms with E-state index < -0.39 is 0 Å². The highest BCUT2D eigenvalue weighted by molar-refractivity contribution is 9.09. The molecule has 1 unspecified atom stereocenters. The number of rotatable bonds is 2. The van der Waals surface area contributed by atoms with Crippen LogP contribution in [0.3, 0.4) is 0 Å². The van der Waals surface area contributed by atoms with E-state index in [9.17, 15) is 0 Å². The Balaban J connectivity index is 2.37. The third-order valence-electron chi connectivity index (χ3n) is 3.06. The van der Waals surface area contributed by atoms with E-state index in [4.69, 9.17) is 23.2 Å². The zero-order valence-electron chi connectivity index (χ0n) is 10.2. The number of hydrogen-bond acceptors (Lipinski definition) is 0. The first-order chi connectivity index (χ1) is 8.49. The Hall–Kier alpha value is -0.500. The van der Waals surface area contributed by atoms with E-state index in [-0.39, 0.29) is 4.83 Å².